The molecule has 4 nitrogen and oxygen atoms in total. The molecule has 2 rings (SSSR count). The number of benzene rings is 1. The minimum absolute atomic E-state index is 0.000619. The molecule has 0 spiro atoms. The smallest absolute Gasteiger partial charge is 0.306 e. The number of hydrogen-bond acceptors (Lipinski definition) is 4. The van der Waals surface area contributed by atoms with Crippen LogP contribution in [0.15, 0.2) is 18.2 Å². The van der Waals surface area contributed by atoms with E-state index in [1.165, 1.54) is 0 Å². The molecule has 2 aromatic rings. The first-order chi connectivity index (χ1) is 9.06. The normalized spacial score (nSPS) is 11.1. The molecule has 19 heavy (non-hydrogen) atoms. The molecule has 0 bridgehead atoms. The van der Waals surface area contributed by atoms with E-state index in [1.807, 2.05) is 18.2 Å². The molecule has 0 fully saturated rings. The Hall–Kier alpha value is -1.62. The van der Waals surface area contributed by atoms with Gasteiger partial charge in [0.1, 0.15) is 11.3 Å². The number of nitrogens with zero attached hydrogens (tertiary/aromatic N) is 1. The van der Waals surface area contributed by atoms with Crippen LogP contribution in [-0.2, 0) is 11.2 Å². The fourth-order valence-corrected chi connectivity index (χ4v) is 2.97. The summed E-state index contributed by atoms with van der Waals surface area (Å²) in [5.41, 5.74) is 0.841. The molecule has 0 radical (unpaired) electrons. The van der Waals surface area contributed by atoms with Gasteiger partial charge < -0.3 is 9.84 Å². The maximum absolute atomic E-state index is 10.5. The highest BCUT2D eigenvalue weighted by Gasteiger charge is 2.10. The van der Waals surface area contributed by atoms with Gasteiger partial charge in [-0.2, -0.15) is 0 Å². The van der Waals surface area contributed by atoms with Gasteiger partial charge in [0.15, 0.2) is 0 Å². The van der Waals surface area contributed by atoms with Crippen molar-refractivity contribution in [2.75, 3.05) is 6.61 Å². The fraction of sp³-hybridized carbons (Fsp3) is 0.429. The van der Waals surface area contributed by atoms with Crippen molar-refractivity contribution in [2.45, 2.75) is 26.7 Å². The van der Waals surface area contributed by atoms with Gasteiger partial charge in [-0.3, -0.25) is 4.79 Å². The number of para-hydroxylation sites is 1. The zero-order valence-corrected chi connectivity index (χ0v) is 11.9. The maximum atomic E-state index is 10.5. The number of thiazole rings is 1. The lowest BCUT2D eigenvalue weighted by Crippen LogP contribution is -2.05. The van der Waals surface area contributed by atoms with Crippen LogP contribution >= 0.6 is 11.3 Å². The van der Waals surface area contributed by atoms with Crippen LogP contribution in [0.25, 0.3) is 10.2 Å². The summed E-state index contributed by atoms with van der Waals surface area (Å²) in [5, 5.41) is 9.71. The van der Waals surface area contributed by atoms with Crippen molar-refractivity contribution in [1.82, 2.24) is 4.98 Å². The van der Waals surface area contributed by atoms with Crippen LogP contribution in [0.2, 0.25) is 0 Å². The first-order valence-electron chi connectivity index (χ1n) is 6.29. The minimum Gasteiger partial charge on any atom is -0.491 e. The minimum atomic E-state index is -0.856. The molecule has 0 aliphatic carbocycles. The lowest BCUT2D eigenvalue weighted by molar-refractivity contribution is -0.137. The van der Waals surface area contributed by atoms with Crippen LogP contribution in [0.5, 0.6) is 5.75 Å². The average molecular weight is 279 g/mol. The number of aromatic nitrogens is 1. The molecule has 1 heterocycles. The molecule has 1 N–H and O–H groups in total. The van der Waals surface area contributed by atoms with Crippen LogP contribution in [0.1, 0.15) is 25.3 Å². The monoisotopic (exact) mass is 279 g/mol. The summed E-state index contributed by atoms with van der Waals surface area (Å²) in [4.78, 5) is 15.1. The van der Waals surface area contributed by atoms with Crippen LogP contribution < -0.4 is 4.74 Å². The SMILES string of the molecule is CC(C)Cc1nc2c(OCCC(=O)O)cccc2s1. The summed E-state index contributed by atoms with van der Waals surface area (Å²) < 4.78 is 6.60. The topological polar surface area (TPSA) is 59.4 Å². The van der Waals surface area contributed by atoms with Gasteiger partial charge in [0, 0.05) is 6.42 Å². The molecule has 0 atom stereocenters. The standard InChI is InChI=1S/C14H17NO3S/c1-9(2)8-12-15-14-10(18-7-6-13(16)17)4-3-5-11(14)19-12/h3-5,9H,6-8H2,1-2H3,(H,16,17). The van der Waals surface area contributed by atoms with E-state index in [9.17, 15) is 4.79 Å². The molecule has 0 unspecified atom stereocenters. The van der Waals surface area contributed by atoms with E-state index >= 15 is 0 Å². The molecule has 0 amide bonds. The number of carboxylic acids is 1. The van der Waals surface area contributed by atoms with Crippen LogP contribution in [0, 0.1) is 5.92 Å². The van der Waals surface area contributed by atoms with E-state index in [-0.39, 0.29) is 13.0 Å². The summed E-state index contributed by atoms with van der Waals surface area (Å²) >= 11 is 1.67. The molecule has 1 aromatic carbocycles. The number of carbonyl (C=O) groups is 1. The zero-order chi connectivity index (χ0) is 13.8. The van der Waals surface area contributed by atoms with Crippen molar-refractivity contribution in [2.24, 2.45) is 5.92 Å². The molecule has 0 aliphatic heterocycles. The molecule has 102 valence electrons. The molecular formula is C14H17NO3S. The van der Waals surface area contributed by atoms with Crippen molar-refractivity contribution in [1.29, 1.82) is 0 Å². The third-order valence-electron chi connectivity index (χ3n) is 2.58. The quantitative estimate of drug-likeness (QED) is 0.881. The summed E-state index contributed by atoms with van der Waals surface area (Å²) in [6.07, 6.45) is 0.952. The largest absolute Gasteiger partial charge is 0.491 e. The Kier molecular flexibility index (Phi) is 4.37. The van der Waals surface area contributed by atoms with Gasteiger partial charge in [-0.25, -0.2) is 4.98 Å². The number of rotatable bonds is 6. The number of hydrogen-bond donors (Lipinski definition) is 1. The fourth-order valence-electron chi connectivity index (χ4n) is 1.77. The van der Waals surface area contributed by atoms with Gasteiger partial charge in [0.05, 0.1) is 22.7 Å². The van der Waals surface area contributed by atoms with Crippen molar-refractivity contribution in [3.63, 3.8) is 0 Å². The molecule has 1 aromatic heterocycles. The summed E-state index contributed by atoms with van der Waals surface area (Å²) in [6, 6.07) is 5.76. The first kappa shape index (κ1) is 13.8. The van der Waals surface area contributed by atoms with E-state index in [2.05, 4.69) is 18.8 Å². The Bertz CT molecular complexity index is 577. The number of aliphatic carboxylic acids is 1. The number of fused-ring (bicyclic) bond motifs is 1. The lowest BCUT2D eigenvalue weighted by Gasteiger charge is -2.04. The molecule has 5 heteroatoms. The van der Waals surface area contributed by atoms with Crippen LogP contribution in [0.4, 0.5) is 0 Å². The van der Waals surface area contributed by atoms with Crippen molar-refractivity contribution in [3.8, 4) is 5.75 Å². The zero-order valence-electron chi connectivity index (χ0n) is 11.0. The van der Waals surface area contributed by atoms with Gasteiger partial charge in [0.25, 0.3) is 0 Å². The second kappa shape index (κ2) is 6.02. The first-order valence-corrected chi connectivity index (χ1v) is 7.11. The van der Waals surface area contributed by atoms with E-state index < -0.39 is 5.97 Å². The van der Waals surface area contributed by atoms with E-state index in [0.29, 0.717) is 11.7 Å². The van der Waals surface area contributed by atoms with Crippen molar-refractivity contribution in [3.05, 3.63) is 23.2 Å². The predicted molar refractivity (Wildman–Crippen MR) is 75.9 cm³/mol. The maximum Gasteiger partial charge on any atom is 0.306 e. The Labute approximate surface area is 116 Å². The second-order valence-corrected chi connectivity index (χ2v) is 5.92. The van der Waals surface area contributed by atoms with Crippen LogP contribution in [0.3, 0.4) is 0 Å². The molecule has 0 saturated heterocycles. The molecule has 0 aliphatic rings. The molecular weight excluding hydrogens is 262 g/mol. The Balaban J connectivity index is 2.19. The molecule has 0 saturated carbocycles. The lowest BCUT2D eigenvalue weighted by atomic mass is 10.1. The average Bonchev–Trinajstić information content (AvgIpc) is 2.70. The Morgan fingerprint density at radius 1 is 1.47 bits per heavy atom. The summed E-state index contributed by atoms with van der Waals surface area (Å²) in [5.74, 6) is 0.382. The van der Waals surface area contributed by atoms with Gasteiger partial charge >= 0.3 is 5.97 Å². The van der Waals surface area contributed by atoms with Gasteiger partial charge in [-0.05, 0) is 18.1 Å². The summed E-state index contributed by atoms with van der Waals surface area (Å²) in [6.45, 7) is 4.50. The number of carboxylic acid groups (broad SMARTS) is 1. The third kappa shape index (κ3) is 3.67. The predicted octanol–water partition coefficient (Wildman–Crippen LogP) is 3.35. The van der Waals surface area contributed by atoms with Crippen molar-refractivity contribution < 1.29 is 14.6 Å². The van der Waals surface area contributed by atoms with E-state index in [0.717, 1.165) is 21.6 Å². The Morgan fingerprint density at radius 2 is 2.26 bits per heavy atom. The van der Waals surface area contributed by atoms with E-state index in [4.69, 9.17) is 9.84 Å². The van der Waals surface area contributed by atoms with Crippen LogP contribution in [-0.4, -0.2) is 22.7 Å². The Morgan fingerprint density at radius 3 is 2.95 bits per heavy atom. The van der Waals surface area contributed by atoms with Gasteiger partial charge in [0.2, 0.25) is 0 Å². The van der Waals surface area contributed by atoms with Crippen molar-refractivity contribution >= 4 is 27.5 Å². The highest BCUT2D eigenvalue weighted by molar-refractivity contribution is 7.18. The highest BCUT2D eigenvalue weighted by Crippen LogP contribution is 2.30. The van der Waals surface area contributed by atoms with E-state index in [1.54, 1.807) is 11.3 Å². The van der Waals surface area contributed by atoms with Gasteiger partial charge in [-0.15, -0.1) is 11.3 Å². The summed E-state index contributed by atoms with van der Waals surface area (Å²) in [7, 11) is 0. The highest BCUT2D eigenvalue weighted by atomic mass is 32.1. The third-order valence-corrected chi connectivity index (χ3v) is 3.63. The second-order valence-electron chi connectivity index (χ2n) is 4.80. The number of ether oxygens (including phenoxy) is 1. The van der Waals surface area contributed by atoms with Gasteiger partial charge in [-0.1, -0.05) is 19.9 Å².